The maximum Gasteiger partial charge on any atom is 0.243 e. The summed E-state index contributed by atoms with van der Waals surface area (Å²) in [5.74, 6) is -0.755. The second-order valence-electron chi connectivity index (χ2n) is 8.95. The summed E-state index contributed by atoms with van der Waals surface area (Å²) in [6.07, 6.45) is 0.535. The molecule has 0 heterocycles. The molecule has 0 unspecified atom stereocenters. The number of carbonyl (C=O) groups excluding carboxylic acids is 2. The summed E-state index contributed by atoms with van der Waals surface area (Å²) in [7, 11) is -2.56. The monoisotopic (exact) mass is 493 g/mol. The first kappa shape index (κ1) is 26.8. The number of hydrogen-bond acceptors (Lipinski definition) is 4. The van der Waals surface area contributed by atoms with Crippen molar-refractivity contribution < 1.29 is 18.0 Å². The van der Waals surface area contributed by atoms with Crippen LogP contribution >= 0.6 is 11.6 Å². The lowest BCUT2D eigenvalue weighted by Gasteiger charge is -2.32. The van der Waals surface area contributed by atoms with Crippen LogP contribution in [0.15, 0.2) is 59.5 Å². The zero-order valence-corrected chi connectivity index (χ0v) is 21.3. The fourth-order valence-corrected chi connectivity index (χ4v) is 4.44. The Hall–Kier alpha value is -2.42. The van der Waals surface area contributed by atoms with Crippen molar-refractivity contribution in [2.45, 2.75) is 50.6 Å². The standard InChI is InChI=1S/C24H32ClN3O4S/c1-18(23(30)26-24(2,3)4)28(16-15-19-9-7-6-8-10-19)22(29)17-27(5)33(31,32)21-13-11-20(25)12-14-21/h6-14,18H,15-17H2,1-5H3,(H,26,30)/t18-/m0/s1. The highest BCUT2D eigenvalue weighted by Crippen LogP contribution is 2.18. The van der Waals surface area contributed by atoms with E-state index in [0.717, 1.165) is 9.87 Å². The van der Waals surface area contributed by atoms with E-state index >= 15 is 0 Å². The molecule has 0 aromatic heterocycles. The van der Waals surface area contributed by atoms with Gasteiger partial charge in [-0.15, -0.1) is 0 Å². The zero-order chi connectivity index (χ0) is 24.8. The average molecular weight is 494 g/mol. The van der Waals surface area contributed by atoms with Crippen molar-refractivity contribution in [3.63, 3.8) is 0 Å². The number of rotatable bonds is 9. The molecule has 2 aromatic carbocycles. The van der Waals surface area contributed by atoms with E-state index in [-0.39, 0.29) is 17.3 Å². The van der Waals surface area contributed by atoms with Crippen LogP contribution in [0.2, 0.25) is 5.02 Å². The summed E-state index contributed by atoms with van der Waals surface area (Å²) in [5.41, 5.74) is 0.551. The number of hydrogen-bond donors (Lipinski definition) is 1. The van der Waals surface area contributed by atoms with E-state index in [9.17, 15) is 18.0 Å². The van der Waals surface area contributed by atoms with E-state index in [0.29, 0.717) is 11.4 Å². The first-order valence-corrected chi connectivity index (χ1v) is 12.5. The topological polar surface area (TPSA) is 86.8 Å². The lowest BCUT2D eigenvalue weighted by atomic mass is 10.1. The normalized spacial score (nSPS) is 12.9. The fraction of sp³-hybridized carbons (Fsp3) is 0.417. The number of amides is 2. The Kier molecular flexibility index (Phi) is 9.05. The van der Waals surface area contributed by atoms with Crippen LogP contribution in [-0.2, 0) is 26.0 Å². The van der Waals surface area contributed by atoms with Crippen LogP contribution < -0.4 is 5.32 Å². The second kappa shape index (κ2) is 11.1. The largest absolute Gasteiger partial charge is 0.350 e. The predicted molar refractivity (Wildman–Crippen MR) is 130 cm³/mol. The third-order valence-corrected chi connectivity index (χ3v) is 7.10. The Morgan fingerprint density at radius 3 is 2.15 bits per heavy atom. The predicted octanol–water partition coefficient (Wildman–Crippen LogP) is 3.34. The third kappa shape index (κ3) is 7.84. The van der Waals surface area contributed by atoms with Gasteiger partial charge in [0.2, 0.25) is 21.8 Å². The molecule has 2 amide bonds. The molecule has 7 nitrogen and oxygen atoms in total. The second-order valence-corrected chi connectivity index (χ2v) is 11.4. The molecule has 2 aromatic rings. The summed E-state index contributed by atoms with van der Waals surface area (Å²) in [6.45, 7) is 7.11. The van der Waals surface area contributed by atoms with E-state index < -0.39 is 34.1 Å². The highest BCUT2D eigenvalue weighted by Gasteiger charge is 2.31. The number of sulfonamides is 1. The fourth-order valence-electron chi connectivity index (χ4n) is 3.20. The van der Waals surface area contributed by atoms with Gasteiger partial charge in [-0.25, -0.2) is 8.42 Å². The van der Waals surface area contributed by atoms with Crippen LogP contribution in [-0.4, -0.2) is 61.2 Å². The molecule has 0 bridgehead atoms. The number of benzene rings is 2. The molecule has 1 N–H and O–H groups in total. The molecular weight excluding hydrogens is 462 g/mol. The highest BCUT2D eigenvalue weighted by atomic mass is 35.5. The number of nitrogens with zero attached hydrogens (tertiary/aromatic N) is 2. The van der Waals surface area contributed by atoms with Gasteiger partial charge in [0.25, 0.3) is 0 Å². The van der Waals surface area contributed by atoms with Gasteiger partial charge in [-0.3, -0.25) is 9.59 Å². The van der Waals surface area contributed by atoms with Crippen molar-refractivity contribution in [3.8, 4) is 0 Å². The molecule has 0 saturated carbocycles. The molecule has 0 spiro atoms. The molecule has 0 aliphatic heterocycles. The summed E-state index contributed by atoms with van der Waals surface area (Å²) in [6, 6.07) is 14.6. The lowest BCUT2D eigenvalue weighted by molar-refractivity contribution is -0.140. The van der Waals surface area contributed by atoms with Crippen LogP contribution in [0.25, 0.3) is 0 Å². The van der Waals surface area contributed by atoms with Gasteiger partial charge in [0.1, 0.15) is 6.04 Å². The molecule has 0 aliphatic carbocycles. The minimum atomic E-state index is -3.90. The van der Waals surface area contributed by atoms with Crippen molar-refractivity contribution in [1.82, 2.24) is 14.5 Å². The SMILES string of the molecule is C[C@@H](C(=O)NC(C)(C)C)N(CCc1ccccc1)C(=O)CN(C)S(=O)(=O)c1ccc(Cl)cc1. The Labute approximate surface area is 201 Å². The molecule has 180 valence electrons. The number of likely N-dealkylation sites (N-methyl/N-ethyl adjacent to an activating group) is 1. The average Bonchev–Trinajstić information content (AvgIpc) is 2.73. The van der Waals surface area contributed by atoms with Crippen LogP contribution in [0.3, 0.4) is 0 Å². The van der Waals surface area contributed by atoms with E-state index in [1.54, 1.807) is 6.92 Å². The Balaban J connectivity index is 2.22. The van der Waals surface area contributed by atoms with Crippen LogP contribution in [0.4, 0.5) is 0 Å². The summed E-state index contributed by atoms with van der Waals surface area (Å²) >= 11 is 5.86. The van der Waals surface area contributed by atoms with Gasteiger partial charge in [0.15, 0.2) is 0 Å². The first-order valence-electron chi connectivity index (χ1n) is 10.7. The van der Waals surface area contributed by atoms with Crippen LogP contribution in [0, 0.1) is 0 Å². The smallest absolute Gasteiger partial charge is 0.243 e. The number of carbonyl (C=O) groups is 2. The lowest BCUT2D eigenvalue weighted by Crippen LogP contribution is -2.54. The van der Waals surface area contributed by atoms with E-state index in [1.165, 1.54) is 36.2 Å². The zero-order valence-electron chi connectivity index (χ0n) is 19.7. The molecule has 9 heteroatoms. The minimum absolute atomic E-state index is 0.0385. The Bertz CT molecular complexity index is 1050. The van der Waals surface area contributed by atoms with Gasteiger partial charge in [-0.1, -0.05) is 41.9 Å². The third-order valence-electron chi connectivity index (χ3n) is 5.03. The molecule has 33 heavy (non-hydrogen) atoms. The van der Waals surface area contributed by atoms with Crippen LogP contribution in [0.1, 0.15) is 33.3 Å². The first-order chi connectivity index (χ1) is 15.3. The molecule has 2 rings (SSSR count). The van der Waals surface area contributed by atoms with Gasteiger partial charge in [-0.05, 0) is 63.9 Å². The van der Waals surface area contributed by atoms with Crippen molar-refractivity contribution in [1.29, 1.82) is 0 Å². The quantitative estimate of drug-likeness (QED) is 0.580. The van der Waals surface area contributed by atoms with Crippen molar-refractivity contribution in [2.24, 2.45) is 0 Å². The number of nitrogens with one attached hydrogen (secondary N) is 1. The maximum absolute atomic E-state index is 13.2. The van der Waals surface area contributed by atoms with E-state index in [2.05, 4.69) is 5.32 Å². The van der Waals surface area contributed by atoms with Gasteiger partial charge in [0, 0.05) is 24.2 Å². The molecular formula is C24H32ClN3O4S. The van der Waals surface area contributed by atoms with Gasteiger partial charge in [0.05, 0.1) is 11.4 Å². The van der Waals surface area contributed by atoms with Gasteiger partial charge in [-0.2, -0.15) is 4.31 Å². The summed E-state index contributed by atoms with van der Waals surface area (Å²) in [4.78, 5) is 27.5. The molecule has 0 radical (unpaired) electrons. The molecule has 1 atom stereocenters. The summed E-state index contributed by atoms with van der Waals surface area (Å²) < 4.78 is 26.8. The maximum atomic E-state index is 13.2. The van der Waals surface area contributed by atoms with Crippen molar-refractivity contribution in [3.05, 3.63) is 65.2 Å². The van der Waals surface area contributed by atoms with E-state index in [4.69, 9.17) is 11.6 Å². The van der Waals surface area contributed by atoms with Crippen LogP contribution in [0.5, 0.6) is 0 Å². The highest BCUT2D eigenvalue weighted by molar-refractivity contribution is 7.89. The van der Waals surface area contributed by atoms with Gasteiger partial charge < -0.3 is 10.2 Å². The van der Waals surface area contributed by atoms with Crippen molar-refractivity contribution in [2.75, 3.05) is 20.1 Å². The summed E-state index contributed by atoms with van der Waals surface area (Å²) in [5, 5.41) is 3.31. The molecule has 0 fully saturated rings. The van der Waals surface area contributed by atoms with E-state index in [1.807, 2.05) is 51.1 Å². The Morgan fingerprint density at radius 2 is 1.61 bits per heavy atom. The minimum Gasteiger partial charge on any atom is -0.350 e. The molecule has 0 aliphatic rings. The molecule has 0 saturated heterocycles. The number of halogens is 1. The van der Waals surface area contributed by atoms with Crippen molar-refractivity contribution >= 4 is 33.4 Å². The Morgan fingerprint density at radius 1 is 1.03 bits per heavy atom. The van der Waals surface area contributed by atoms with Gasteiger partial charge >= 0.3 is 0 Å².